The summed E-state index contributed by atoms with van der Waals surface area (Å²) < 4.78 is 6.94. The highest BCUT2D eigenvalue weighted by Gasteiger charge is 2.15. The van der Waals surface area contributed by atoms with Gasteiger partial charge in [0.1, 0.15) is 5.70 Å². The Labute approximate surface area is 189 Å². The molecule has 0 spiro atoms. The van der Waals surface area contributed by atoms with Gasteiger partial charge in [0.2, 0.25) is 5.91 Å². The molecule has 1 aromatic heterocycles. The fraction of sp³-hybridized carbons (Fsp3) is 0.167. The number of carbonyl (C=O) groups excluding carboxylic acids is 3. The summed E-state index contributed by atoms with van der Waals surface area (Å²) in [5.74, 6) is -1.83. The molecule has 8 heteroatoms. The summed E-state index contributed by atoms with van der Waals surface area (Å²) in [6.07, 6.45) is 3.33. The van der Waals surface area contributed by atoms with Crippen LogP contribution in [-0.2, 0) is 25.7 Å². The average Bonchev–Trinajstić information content (AvgIpc) is 3.20. The van der Waals surface area contributed by atoms with Gasteiger partial charge in [-0.2, -0.15) is 4.99 Å². The van der Waals surface area contributed by atoms with E-state index in [0.29, 0.717) is 16.9 Å². The van der Waals surface area contributed by atoms with Crippen molar-refractivity contribution in [3.8, 4) is 0 Å². The Bertz CT molecular complexity index is 1190. The molecule has 1 N–H and O–H groups in total. The molecule has 3 rings (SSSR count). The molecule has 2 amide bonds. The number of nitrogens with one attached hydrogen (secondary N) is 1. The average molecular weight is 450 g/mol. The summed E-state index contributed by atoms with van der Waals surface area (Å²) in [6.45, 7) is 3.35. The maximum atomic E-state index is 12.4. The number of esters is 1. The van der Waals surface area contributed by atoms with Gasteiger partial charge in [-0.3, -0.25) is 9.59 Å². The van der Waals surface area contributed by atoms with Crippen LogP contribution in [0.15, 0.2) is 76.9 Å². The molecular weight excluding hydrogens is 426 g/mol. The first-order valence-corrected chi connectivity index (χ1v) is 10.8. The third-order valence-electron chi connectivity index (χ3n) is 4.32. The lowest BCUT2D eigenvalue weighted by atomic mass is 10.1. The molecule has 0 bridgehead atoms. The second-order valence-electron chi connectivity index (χ2n) is 7.03. The van der Waals surface area contributed by atoms with Gasteiger partial charge in [-0.05, 0) is 24.1 Å². The predicted molar refractivity (Wildman–Crippen MR) is 122 cm³/mol. The van der Waals surface area contributed by atoms with Crippen molar-refractivity contribution in [1.82, 2.24) is 9.88 Å². The van der Waals surface area contributed by atoms with E-state index in [1.54, 1.807) is 24.3 Å². The number of carbonyl (C=O) groups is 3. The monoisotopic (exact) mass is 449 g/mol. The molecule has 2 aromatic carbocycles. The molecule has 0 radical (unpaired) electrons. The Morgan fingerprint density at radius 2 is 1.81 bits per heavy atom. The van der Waals surface area contributed by atoms with Gasteiger partial charge in [0.05, 0.1) is 0 Å². The standard InChI is InChI=1S/C24H23N3O4S/c1-17-8-10-20(11-9-17)15-27-12-13-32-24(27)26-22(29)16-31-23(30)21(25-18(2)28)14-19-6-4-3-5-7-19/h3-14H,15-16H2,1-2H3,(H,25,28)/b21-14-,26-24?. The maximum absolute atomic E-state index is 12.4. The Morgan fingerprint density at radius 1 is 1.09 bits per heavy atom. The molecule has 32 heavy (non-hydrogen) atoms. The number of benzene rings is 2. The number of aromatic nitrogens is 1. The van der Waals surface area contributed by atoms with Crippen molar-refractivity contribution < 1.29 is 19.1 Å². The Kier molecular flexibility index (Phi) is 7.88. The van der Waals surface area contributed by atoms with Crippen LogP contribution in [0.2, 0.25) is 0 Å². The van der Waals surface area contributed by atoms with E-state index < -0.39 is 24.4 Å². The highest BCUT2D eigenvalue weighted by atomic mass is 32.1. The van der Waals surface area contributed by atoms with E-state index in [9.17, 15) is 14.4 Å². The van der Waals surface area contributed by atoms with Gasteiger partial charge in [0, 0.05) is 25.0 Å². The third kappa shape index (κ3) is 6.88. The highest BCUT2D eigenvalue weighted by Crippen LogP contribution is 2.07. The summed E-state index contributed by atoms with van der Waals surface area (Å²) in [5.41, 5.74) is 2.91. The minimum atomic E-state index is -0.814. The molecule has 0 saturated carbocycles. The van der Waals surface area contributed by atoms with Gasteiger partial charge in [-0.25, -0.2) is 4.79 Å². The van der Waals surface area contributed by atoms with Crippen LogP contribution in [-0.4, -0.2) is 29.0 Å². The van der Waals surface area contributed by atoms with Crippen LogP contribution in [0.1, 0.15) is 23.6 Å². The van der Waals surface area contributed by atoms with Crippen LogP contribution < -0.4 is 10.1 Å². The SMILES string of the molecule is CC(=O)N/C(=C\c1ccccc1)C(=O)OCC(=O)N=c1sccn1Cc1ccc(C)cc1. The minimum absolute atomic E-state index is 0.0536. The zero-order valence-corrected chi connectivity index (χ0v) is 18.6. The van der Waals surface area contributed by atoms with E-state index in [0.717, 1.165) is 5.56 Å². The molecule has 164 valence electrons. The van der Waals surface area contributed by atoms with Gasteiger partial charge in [0.15, 0.2) is 11.4 Å². The fourth-order valence-corrected chi connectivity index (χ4v) is 3.54. The first kappa shape index (κ1) is 22.9. The topological polar surface area (TPSA) is 89.8 Å². The molecule has 0 unspecified atom stereocenters. The van der Waals surface area contributed by atoms with E-state index in [1.165, 1.54) is 29.9 Å². The van der Waals surface area contributed by atoms with Crippen molar-refractivity contribution in [3.63, 3.8) is 0 Å². The number of amides is 2. The van der Waals surface area contributed by atoms with Crippen LogP contribution in [0.5, 0.6) is 0 Å². The second-order valence-corrected chi connectivity index (χ2v) is 7.90. The van der Waals surface area contributed by atoms with Crippen molar-refractivity contribution in [2.24, 2.45) is 4.99 Å². The Balaban J connectivity index is 1.67. The Morgan fingerprint density at radius 3 is 2.50 bits per heavy atom. The molecule has 0 aliphatic carbocycles. The Hall–Kier alpha value is -3.78. The summed E-state index contributed by atoms with van der Waals surface area (Å²) in [7, 11) is 0. The van der Waals surface area contributed by atoms with Gasteiger partial charge >= 0.3 is 5.97 Å². The lowest BCUT2D eigenvalue weighted by Crippen LogP contribution is -2.27. The number of aryl methyl sites for hydroxylation is 1. The smallest absolute Gasteiger partial charge is 0.355 e. The van der Waals surface area contributed by atoms with E-state index >= 15 is 0 Å². The number of thiazole rings is 1. The minimum Gasteiger partial charge on any atom is -0.451 e. The highest BCUT2D eigenvalue weighted by molar-refractivity contribution is 7.07. The third-order valence-corrected chi connectivity index (χ3v) is 5.12. The molecule has 0 atom stereocenters. The summed E-state index contributed by atoms with van der Waals surface area (Å²) >= 11 is 1.32. The lowest BCUT2D eigenvalue weighted by Gasteiger charge is -2.08. The van der Waals surface area contributed by atoms with E-state index in [4.69, 9.17) is 4.74 Å². The summed E-state index contributed by atoms with van der Waals surface area (Å²) in [6, 6.07) is 17.1. The van der Waals surface area contributed by atoms with Crippen LogP contribution in [0.4, 0.5) is 0 Å². The molecule has 3 aromatic rings. The van der Waals surface area contributed by atoms with Gasteiger partial charge in [0.25, 0.3) is 5.91 Å². The van der Waals surface area contributed by atoms with Crippen molar-refractivity contribution in [2.45, 2.75) is 20.4 Å². The van der Waals surface area contributed by atoms with Crippen molar-refractivity contribution >= 4 is 35.2 Å². The molecule has 0 aliphatic rings. The molecule has 0 aliphatic heterocycles. The largest absolute Gasteiger partial charge is 0.451 e. The predicted octanol–water partition coefficient (Wildman–Crippen LogP) is 3.05. The summed E-state index contributed by atoms with van der Waals surface area (Å²) in [5, 5.41) is 4.28. The maximum Gasteiger partial charge on any atom is 0.355 e. The quantitative estimate of drug-likeness (QED) is 0.443. The van der Waals surface area contributed by atoms with Crippen LogP contribution in [0.3, 0.4) is 0 Å². The number of nitrogens with zero attached hydrogens (tertiary/aromatic N) is 2. The lowest BCUT2D eigenvalue weighted by molar-refractivity contribution is -0.144. The normalized spacial score (nSPS) is 11.8. The van der Waals surface area contributed by atoms with E-state index in [-0.39, 0.29) is 5.70 Å². The van der Waals surface area contributed by atoms with Crippen LogP contribution in [0.25, 0.3) is 6.08 Å². The van der Waals surface area contributed by atoms with Crippen LogP contribution >= 0.6 is 11.3 Å². The first-order valence-electron chi connectivity index (χ1n) is 9.89. The zero-order chi connectivity index (χ0) is 22.9. The number of rotatable bonds is 7. The number of ether oxygens (including phenoxy) is 1. The van der Waals surface area contributed by atoms with Gasteiger partial charge in [-0.1, -0.05) is 60.2 Å². The van der Waals surface area contributed by atoms with E-state index in [2.05, 4.69) is 10.3 Å². The van der Waals surface area contributed by atoms with Crippen LogP contribution in [0, 0.1) is 6.92 Å². The zero-order valence-electron chi connectivity index (χ0n) is 17.8. The van der Waals surface area contributed by atoms with Gasteiger partial charge < -0.3 is 14.6 Å². The van der Waals surface area contributed by atoms with Crippen molar-refractivity contribution in [3.05, 3.63) is 93.4 Å². The van der Waals surface area contributed by atoms with Crippen molar-refractivity contribution in [1.29, 1.82) is 0 Å². The summed E-state index contributed by atoms with van der Waals surface area (Å²) in [4.78, 5) is 40.8. The molecule has 0 fully saturated rings. The fourth-order valence-electron chi connectivity index (χ4n) is 2.79. The number of hydrogen-bond donors (Lipinski definition) is 1. The molecule has 1 heterocycles. The second kappa shape index (κ2) is 11.0. The molecular formula is C24H23N3O4S. The van der Waals surface area contributed by atoms with Gasteiger partial charge in [-0.15, -0.1) is 11.3 Å². The molecule has 0 saturated heterocycles. The van der Waals surface area contributed by atoms with E-state index in [1.807, 2.05) is 53.4 Å². The molecule has 7 nitrogen and oxygen atoms in total. The number of hydrogen-bond acceptors (Lipinski definition) is 5. The van der Waals surface area contributed by atoms with Crippen molar-refractivity contribution in [2.75, 3.05) is 6.61 Å². The first-order chi connectivity index (χ1) is 15.4.